The fraction of sp³-hybridized carbons (Fsp3) is 0.250. The summed E-state index contributed by atoms with van der Waals surface area (Å²) < 4.78 is 17.8. The highest BCUT2D eigenvalue weighted by molar-refractivity contribution is 7.86. The topological polar surface area (TPSA) is 40.5 Å². The van der Waals surface area contributed by atoms with Gasteiger partial charge in [-0.3, -0.25) is 0 Å². The fourth-order valence-corrected chi connectivity index (χ4v) is 1.56. The van der Waals surface area contributed by atoms with Crippen LogP contribution in [0.2, 0.25) is 0 Å². The molecule has 0 saturated heterocycles. The first-order valence-electron chi connectivity index (χ1n) is 3.31. The number of rotatable bonds is 1. The lowest BCUT2D eigenvalue weighted by molar-refractivity contribution is -0.00000489. The summed E-state index contributed by atoms with van der Waals surface area (Å²) in [5.74, 6) is 0. The first-order valence-corrected chi connectivity index (χ1v) is 4.45. The molecule has 4 heteroatoms. The van der Waals surface area contributed by atoms with Crippen LogP contribution in [0.25, 0.3) is 0 Å². The Labute approximate surface area is 81.4 Å². The minimum Gasteiger partial charge on any atom is -1.00 e. The Balaban J connectivity index is 0.00000121. The van der Waals surface area contributed by atoms with Crippen molar-refractivity contribution in [2.75, 3.05) is 0 Å². The van der Waals surface area contributed by atoms with Crippen LogP contribution in [0.15, 0.2) is 23.1 Å². The fourth-order valence-electron chi connectivity index (χ4n) is 0.922. The van der Waals surface area contributed by atoms with Crippen molar-refractivity contribution < 1.29 is 21.5 Å². The molecule has 0 aliphatic rings. The Morgan fingerprint density at radius 2 is 1.75 bits per heavy atom. The van der Waals surface area contributed by atoms with Crippen molar-refractivity contribution in [1.29, 1.82) is 0 Å². The maximum atomic E-state index is 8.91. The molecular weight excluding hydrogens is 196 g/mol. The Bertz CT molecular complexity index is 263. The van der Waals surface area contributed by atoms with E-state index in [0.717, 1.165) is 11.1 Å². The van der Waals surface area contributed by atoms with Crippen LogP contribution in [0.5, 0.6) is 0 Å². The summed E-state index contributed by atoms with van der Waals surface area (Å²) in [6, 6.07) is 5.50. The quantitative estimate of drug-likeness (QED) is 0.593. The highest BCUT2D eigenvalue weighted by atomic mass is 35.5. The summed E-state index contributed by atoms with van der Waals surface area (Å²) in [6.45, 7) is 3.84. The summed E-state index contributed by atoms with van der Waals surface area (Å²) in [5.41, 5.74) is 2.05. The summed E-state index contributed by atoms with van der Waals surface area (Å²) in [5, 5.41) is 0. The van der Waals surface area contributed by atoms with Gasteiger partial charge >= 0.3 is 11.5 Å². The molecule has 0 bridgehead atoms. The van der Waals surface area contributed by atoms with Gasteiger partial charge in [-0.25, -0.2) is 0 Å². The zero-order valence-electron chi connectivity index (χ0n) is 6.91. The van der Waals surface area contributed by atoms with Crippen molar-refractivity contribution in [3.63, 3.8) is 0 Å². The second-order valence-electron chi connectivity index (χ2n) is 2.46. The minimum atomic E-state index is -1.60. The largest absolute Gasteiger partial charge is 1.00 e. The maximum Gasteiger partial charge on any atom is 0.351 e. The van der Waals surface area contributed by atoms with Gasteiger partial charge in [0.25, 0.3) is 0 Å². The monoisotopic (exact) mass is 206 g/mol. The first-order chi connectivity index (χ1) is 5.13. The van der Waals surface area contributed by atoms with E-state index in [-0.39, 0.29) is 12.4 Å². The van der Waals surface area contributed by atoms with Gasteiger partial charge < -0.3 is 12.4 Å². The predicted molar refractivity (Wildman–Crippen MR) is 46.8 cm³/mol. The molecule has 0 amide bonds. The second kappa shape index (κ2) is 4.72. The molecule has 1 rings (SSSR count). The lowest BCUT2D eigenvalue weighted by Crippen LogP contribution is -3.00. The molecule has 2 nitrogen and oxygen atoms in total. The van der Waals surface area contributed by atoms with Crippen LogP contribution in [0.3, 0.4) is 0 Å². The van der Waals surface area contributed by atoms with E-state index in [2.05, 4.69) is 0 Å². The highest BCUT2D eigenvalue weighted by Crippen LogP contribution is 2.17. The standard InChI is InChI=1S/C8H11O2S.ClH/c1-6-4-3-5-8(7(6)2)11(9)10;/h3-5,9-10H,1-2H3;1H/q+1;/p-1. The van der Waals surface area contributed by atoms with E-state index >= 15 is 0 Å². The number of hydrogen-bond acceptors (Lipinski definition) is 2. The summed E-state index contributed by atoms with van der Waals surface area (Å²) in [6.07, 6.45) is 0. The third-order valence-electron chi connectivity index (χ3n) is 1.75. The SMILES string of the molecule is Cc1cccc([S+](O)O)c1C.[Cl-]. The summed E-state index contributed by atoms with van der Waals surface area (Å²) in [7, 11) is 0. The highest BCUT2D eigenvalue weighted by Gasteiger charge is 2.19. The Kier molecular flexibility index (Phi) is 4.63. The molecule has 2 N–H and O–H groups in total. The van der Waals surface area contributed by atoms with E-state index in [1.165, 1.54) is 0 Å². The molecule has 0 aromatic heterocycles. The number of hydrogen-bond donors (Lipinski definition) is 2. The van der Waals surface area contributed by atoms with Crippen molar-refractivity contribution in [2.45, 2.75) is 18.7 Å². The van der Waals surface area contributed by atoms with E-state index in [4.69, 9.17) is 9.11 Å². The lowest BCUT2D eigenvalue weighted by Gasteiger charge is -1.98. The molecule has 0 heterocycles. The molecule has 1 aromatic carbocycles. The molecule has 68 valence electrons. The zero-order valence-corrected chi connectivity index (χ0v) is 8.49. The molecule has 0 fully saturated rings. The van der Waals surface area contributed by atoms with E-state index < -0.39 is 11.5 Å². The first kappa shape index (κ1) is 11.8. The normalized spacial score (nSPS) is 9.75. The van der Waals surface area contributed by atoms with E-state index in [0.29, 0.717) is 4.90 Å². The van der Waals surface area contributed by atoms with Gasteiger partial charge in [0.15, 0.2) is 0 Å². The molecule has 0 aliphatic carbocycles. The van der Waals surface area contributed by atoms with Crippen LogP contribution < -0.4 is 12.4 Å². The van der Waals surface area contributed by atoms with Crippen LogP contribution in [-0.4, -0.2) is 9.11 Å². The van der Waals surface area contributed by atoms with E-state index in [9.17, 15) is 0 Å². The Morgan fingerprint density at radius 1 is 1.17 bits per heavy atom. The summed E-state index contributed by atoms with van der Waals surface area (Å²) in [4.78, 5) is 0.616. The molecule has 0 aliphatic heterocycles. The van der Waals surface area contributed by atoms with E-state index in [1.807, 2.05) is 26.0 Å². The average Bonchev–Trinajstić information content (AvgIpc) is 1.94. The number of benzene rings is 1. The smallest absolute Gasteiger partial charge is 0.351 e. The van der Waals surface area contributed by atoms with Crippen molar-refractivity contribution in [3.05, 3.63) is 29.3 Å². The van der Waals surface area contributed by atoms with Gasteiger partial charge in [0.1, 0.15) is 0 Å². The lowest BCUT2D eigenvalue weighted by atomic mass is 10.1. The van der Waals surface area contributed by atoms with Gasteiger partial charge in [-0.15, -0.1) is 0 Å². The van der Waals surface area contributed by atoms with Crippen LogP contribution in [-0.2, 0) is 11.5 Å². The maximum absolute atomic E-state index is 8.91. The average molecular weight is 207 g/mol. The number of halogens is 1. The Hall–Kier alpha value is -0.220. The summed E-state index contributed by atoms with van der Waals surface area (Å²) >= 11 is -1.60. The van der Waals surface area contributed by atoms with Gasteiger partial charge in [0, 0.05) is 11.6 Å². The van der Waals surface area contributed by atoms with Gasteiger partial charge in [-0.05, 0) is 19.4 Å². The van der Waals surface area contributed by atoms with Crippen molar-refractivity contribution >= 4 is 11.5 Å². The third-order valence-corrected chi connectivity index (χ3v) is 2.59. The zero-order chi connectivity index (χ0) is 8.43. The molecule has 0 spiro atoms. The molecular formula is C8H11ClO2S. The van der Waals surface area contributed by atoms with Gasteiger partial charge in [-0.2, -0.15) is 9.11 Å². The van der Waals surface area contributed by atoms with E-state index in [1.54, 1.807) is 6.07 Å². The number of aryl methyl sites for hydroxylation is 1. The molecule has 12 heavy (non-hydrogen) atoms. The molecule has 0 radical (unpaired) electrons. The van der Waals surface area contributed by atoms with Gasteiger partial charge in [0.05, 0.1) is 0 Å². The van der Waals surface area contributed by atoms with Crippen LogP contribution in [0.1, 0.15) is 11.1 Å². The third kappa shape index (κ3) is 2.38. The molecule has 0 saturated carbocycles. The van der Waals surface area contributed by atoms with Crippen molar-refractivity contribution in [1.82, 2.24) is 0 Å². The van der Waals surface area contributed by atoms with Crippen molar-refractivity contribution in [3.8, 4) is 0 Å². The molecule has 0 unspecified atom stereocenters. The van der Waals surface area contributed by atoms with Gasteiger partial charge in [0.2, 0.25) is 4.90 Å². The second-order valence-corrected chi connectivity index (χ2v) is 3.43. The van der Waals surface area contributed by atoms with Crippen molar-refractivity contribution in [2.24, 2.45) is 0 Å². The molecule has 1 aromatic rings. The minimum absolute atomic E-state index is 0. The Morgan fingerprint density at radius 3 is 2.17 bits per heavy atom. The van der Waals surface area contributed by atoms with Crippen LogP contribution in [0.4, 0.5) is 0 Å². The van der Waals surface area contributed by atoms with Crippen LogP contribution in [0, 0.1) is 13.8 Å². The molecule has 0 atom stereocenters. The van der Waals surface area contributed by atoms with Crippen LogP contribution >= 0.6 is 0 Å². The predicted octanol–water partition coefficient (Wildman–Crippen LogP) is -0.769. The van der Waals surface area contributed by atoms with Gasteiger partial charge in [-0.1, -0.05) is 12.1 Å².